The number of nitrogens with two attached hydrogens (primary N) is 1. The molecule has 0 aliphatic rings. The fourth-order valence-electron chi connectivity index (χ4n) is 0.423. The Bertz CT molecular complexity index is 146. The van der Waals surface area contributed by atoms with Gasteiger partial charge in [0.15, 0.2) is 0 Å². The first-order chi connectivity index (χ1) is 3.80. The largest absolute Gasteiger partial charge is 0.374 e. The van der Waals surface area contributed by atoms with Gasteiger partial charge in [0.25, 0.3) is 0 Å². The summed E-state index contributed by atoms with van der Waals surface area (Å²) in [4.78, 5) is 0. The second-order valence-corrected chi connectivity index (χ2v) is 1.48. The zero-order valence-corrected chi connectivity index (χ0v) is 4.20. The van der Waals surface area contributed by atoms with E-state index in [4.69, 9.17) is 10.8 Å². The van der Waals surface area contributed by atoms with Crippen LogP contribution in [0.4, 0.5) is 0 Å². The van der Waals surface area contributed by atoms with Gasteiger partial charge in [0, 0.05) is 11.8 Å². The van der Waals surface area contributed by atoms with E-state index in [-0.39, 0.29) is 0 Å². The molecule has 0 aliphatic heterocycles. The minimum absolute atomic E-state index is 0.602. The van der Waals surface area contributed by atoms with Crippen LogP contribution in [0.5, 0.6) is 0 Å². The Hall–Kier alpha value is -0.870. The lowest BCUT2D eigenvalue weighted by Gasteiger charge is -1.94. The van der Waals surface area contributed by atoms with Crippen LogP contribution >= 0.6 is 0 Å². The van der Waals surface area contributed by atoms with Gasteiger partial charge in [-0.25, -0.2) is 0 Å². The Labute approximate surface area is 46.3 Å². The summed E-state index contributed by atoms with van der Waals surface area (Å²) in [6, 6.07) is 0. The highest BCUT2D eigenvalue weighted by atomic mass is 16.3. The summed E-state index contributed by atoms with van der Waals surface area (Å²) in [7, 11) is 0. The van der Waals surface area contributed by atoms with E-state index >= 15 is 0 Å². The zero-order valence-electron chi connectivity index (χ0n) is 4.20. The van der Waals surface area contributed by atoms with Gasteiger partial charge in [0.2, 0.25) is 0 Å². The highest BCUT2D eigenvalue weighted by molar-refractivity contribution is 5.04. The van der Waals surface area contributed by atoms with Crippen LogP contribution in [0.2, 0.25) is 0 Å². The van der Waals surface area contributed by atoms with Crippen LogP contribution in [0, 0.1) is 0 Å². The predicted molar refractivity (Wildman–Crippen MR) is 27.7 cm³/mol. The number of rotatable bonds is 1. The molecular formula is C4H7N3O. The molecule has 1 aromatic heterocycles. The Morgan fingerprint density at radius 1 is 1.88 bits per heavy atom. The molecule has 1 aromatic rings. The number of aliphatic hydroxyl groups is 1. The van der Waals surface area contributed by atoms with Crippen LogP contribution in [0.15, 0.2) is 12.4 Å². The average molecular weight is 113 g/mol. The van der Waals surface area contributed by atoms with Crippen molar-refractivity contribution in [3.05, 3.63) is 18.0 Å². The molecule has 0 aliphatic carbocycles. The van der Waals surface area contributed by atoms with Gasteiger partial charge in [0.1, 0.15) is 6.23 Å². The number of nitrogens with one attached hydrogen (secondary N) is 1. The normalized spacial score (nSPS) is 13.8. The molecule has 8 heavy (non-hydrogen) atoms. The quantitative estimate of drug-likeness (QED) is 0.424. The van der Waals surface area contributed by atoms with E-state index in [0.717, 1.165) is 0 Å². The highest BCUT2D eigenvalue weighted by Crippen LogP contribution is 2.00. The zero-order chi connectivity index (χ0) is 5.98. The highest BCUT2D eigenvalue weighted by Gasteiger charge is 1.98. The maximum absolute atomic E-state index is 8.63. The molecule has 1 rings (SSSR count). The summed E-state index contributed by atoms with van der Waals surface area (Å²) < 4.78 is 0. The average Bonchev–Trinajstić information content (AvgIpc) is 2.12. The molecule has 0 amide bonds. The van der Waals surface area contributed by atoms with Gasteiger partial charge >= 0.3 is 0 Å². The van der Waals surface area contributed by atoms with Gasteiger partial charge in [-0.15, -0.1) is 0 Å². The van der Waals surface area contributed by atoms with Gasteiger partial charge in [-0.2, -0.15) is 5.10 Å². The van der Waals surface area contributed by atoms with E-state index in [1.54, 1.807) is 6.20 Å². The van der Waals surface area contributed by atoms with Gasteiger partial charge < -0.3 is 10.8 Å². The molecular weight excluding hydrogens is 106 g/mol. The second kappa shape index (κ2) is 1.94. The summed E-state index contributed by atoms with van der Waals surface area (Å²) in [6.07, 6.45) is 2.11. The topological polar surface area (TPSA) is 74.9 Å². The molecule has 44 valence electrons. The number of aromatic nitrogens is 2. The van der Waals surface area contributed by atoms with Crippen LogP contribution in [0.25, 0.3) is 0 Å². The predicted octanol–water partition coefficient (Wildman–Crippen LogP) is -0.641. The van der Waals surface area contributed by atoms with Crippen molar-refractivity contribution < 1.29 is 5.11 Å². The molecule has 1 unspecified atom stereocenters. The van der Waals surface area contributed by atoms with Crippen molar-refractivity contribution in [2.45, 2.75) is 6.23 Å². The van der Waals surface area contributed by atoms with Crippen LogP contribution < -0.4 is 5.73 Å². The van der Waals surface area contributed by atoms with Crippen LogP contribution in [0.1, 0.15) is 11.8 Å². The molecule has 1 atom stereocenters. The van der Waals surface area contributed by atoms with Crippen LogP contribution in [0.3, 0.4) is 0 Å². The van der Waals surface area contributed by atoms with E-state index in [1.165, 1.54) is 6.20 Å². The van der Waals surface area contributed by atoms with E-state index in [9.17, 15) is 0 Å². The fourth-order valence-corrected chi connectivity index (χ4v) is 0.423. The van der Waals surface area contributed by atoms with Crippen molar-refractivity contribution in [1.82, 2.24) is 10.2 Å². The smallest absolute Gasteiger partial charge is 0.131 e. The molecule has 0 radical (unpaired) electrons. The maximum atomic E-state index is 8.63. The van der Waals surface area contributed by atoms with Crippen molar-refractivity contribution in [2.24, 2.45) is 5.73 Å². The molecule has 0 saturated heterocycles. The van der Waals surface area contributed by atoms with Gasteiger partial charge in [0.05, 0.1) is 6.20 Å². The lowest BCUT2D eigenvalue weighted by molar-refractivity contribution is 0.186. The lowest BCUT2D eigenvalue weighted by atomic mass is 10.3. The molecule has 4 heteroatoms. The first-order valence-corrected chi connectivity index (χ1v) is 2.23. The summed E-state index contributed by atoms with van der Waals surface area (Å²) in [5.74, 6) is 0. The number of aliphatic hydroxyl groups excluding tert-OH is 1. The molecule has 4 nitrogen and oxygen atoms in total. The van der Waals surface area contributed by atoms with E-state index in [2.05, 4.69) is 10.2 Å². The lowest BCUT2D eigenvalue weighted by Crippen LogP contribution is -2.06. The van der Waals surface area contributed by atoms with Crippen LogP contribution in [-0.2, 0) is 0 Å². The number of H-pyrrole nitrogens is 1. The molecule has 0 fully saturated rings. The minimum atomic E-state index is -0.909. The Morgan fingerprint density at radius 3 is 2.88 bits per heavy atom. The molecule has 0 saturated carbocycles. The molecule has 0 bridgehead atoms. The first-order valence-electron chi connectivity index (χ1n) is 2.23. The number of aromatic amines is 1. The number of nitrogens with zero attached hydrogens (tertiary/aromatic N) is 1. The van der Waals surface area contributed by atoms with Crippen LogP contribution in [-0.4, -0.2) is 15.3 Å². The Kier molecular flexibility index (Phi) is 1.27. The fraction of sp³-hybridized carbons (Fsp3) is 0.250. The van der Waals surface area contributed by atoms with Crippen molar-refractivity contribution in [3.63, 3.8) is 0 Å². The van der Waals surface area contributed by atoms with Crippen molar-refractivity contribution in [3.8, 4) is 0 Å². The van der Waals surface area contributed by atoms with Crippen molar-refractivity contribution >= 4 is 0 Å². The Balaban J connectivity index is 2.77. The minimum Gasteiger partial charge on any atom is -0.374 e. The third kappa shape index (κ3) is 0.853. The van der Waals surface area contributed by atoms with Crippen molar-refractivity contribution in [1.29, 1.82) is 0 Å². The number of hydrogen-bond acceptors (Lipinski definition) is 3. The number of hydrogen-bond donors (Lipinski definition) is 3. The van der Waals surface area contributed by atoms with Gasteiger partial charge in [-0.1, -0.05) is 0 Å². The monoisotopic (exact) mass is 113 g/mol. The molecule has 4 N–H and O–H groups in total. The molecule has 1 heterocycles. The third-order valence-electron chi connectivity index (χ3n) is 0.861. The summed E-state index contributed by atoms with van der Waals surface area (Å²) >= 11 is 0. The first kappa shape index (κ1) is 5.27. The standard InChI is InChI=1S/C4H7N3O/c5-4(8)3-1-6-7-2-3/h1-2,4,8H,5H2,(H,6,7). The Morgan fingerprint density at radius 2 is 2.62 bits per heavy atom. The SMILES string of the molecule is NC(O)c1cn[nH]c1. The van der Waals surface area contributed by atoms with Gasteiger partial charge in [-0.05, 0) is 0 Å². The van der Waals surface area contributed by atoms with E-state index in [1.807, 2.05) is 0 Å². The third-order valence-corrected chi connectivity index (χ3v) is 0.861. The summed E-state index contributed by atoms with van der Waals surface area (Å²) in [5.41, 5.74) is 5.66. The van der Waals surface area contributed by atoms with Crippen molar-refractivity contribution in [2.75, 3.05) is 0 Å². The maximum Gasteiger partial charge on any atom is 0.131 e. The molecule has 0 aromatic carbocycles. The second-order valence-electron chi connectivity index (χ2n) is 1.48. The van der Waals surface area contributed by atoms with E-state index < -0.39 is 6.23 Å². The summed E-state index contributed by atoms with van der Waals surface area (Å²) in [6.45, 7) is 0. The molecule has 0 spiro atoms. The van der Waals surface area contributed by atoms with Gasteiger partial charge in [-0.3, -0.25) is 5.10 Å². The van der Waals surface area contributed by atoms with E-state index in [0.29, 0.717) is 5.56 Å². The summed E-state index contributed by atoms with van der Waals surface area (Å²) in [5, 5.41) is 14.7.